The first-order chi connectivity index (χ1) is 9.30. The van der Waals surface area contributed by atoms with E-state index in [-0.39, 0.29) is 0 Å². The Bertz CT molecular complexity index is 196. The average molecular weight is 268 g/mol. The third kappa shape index (κ3) is 7.34. The molecule has 2 unspecified atom stereocenters. The van der Waals surface area contributed by atoms with Crippen LogP contribution in [0.4, 0.5) is 0 Å². The van der Waals surface area contributed by atoms with Crippen LogP contribution in [0.5, 0.6) is 0 Å². The third-order valence-electron chi connectivity index (χ3n) is 4.94. The van der Waals surface area contributed by atoms with Crippen molar-refractivity contribution in [2.75, 3.05) is 6.54 Å². The van der Waals surface area contributed by atoms with Gasteiger partial charge >= 0.3 is 0 Å². The van der Waals surface area contributed by atoms with Crippen molar-refractivity contribution in [3.05, 3.63) is 0 Å². The topological polar surface area (TPSA) is 12.0 Å². The normalized spacial score (nSPS) is 19.7. The summed E-state index contributed by atoms with van der Waals surface area (Å²) in [7, 11) is 0. The van der Waals surface area contributed by atoms with E-state index < -0.39 is 0 Å². The van der Waals surface area contributed by atoms with Crippen LogP contribution in [-0.2, 0) is 0 Å². The van der Waals surface area contributed by atoms with Crippen LogP contribution in [0.1, 0.15) is 91.4 Å². The van der Waals surface area contributed by atoms with Gasteiger partial charge in [-0.2, -0.15) is 0 Å². The molecule has 1 rings (SSSR count). The van der Waals surface area contributed by atoms with E-state index in [4.69, 9.17) is 0 Å². The highest BCUT2D eigenvalue weighted by Gasteiger charge is 2.21. The summed E-state index contributed by atoms with van der Waals surface area (Å²) in [6.07, 6.45) is 15.7. The second-order valence-electron chi connectivity index (χ2n) is 6.69. The molecule has 1 N–H and O–H groups in total. The molecule has 114 valence electrons. The molecule has 0 heterocycles. The molecule has 1 heteroatoms. The van der Waals surface area contributed by atoms with Crippen LogP contribution in [0, 0.1) is 11.8 Å². The van der Waals surface area contributed by atoms with Gasteiger partial charge in [0.2, 0.25) is 0 Å². The molecule has 0 aromatic rings. The van der Waals surface area contributed by atoms with E-state index in [9.17, 15) is 0 Å². The zero-order chi connectivity index (χ0) is 13.9. The second kappa shape index (κ2) is 10.7. The molecule has 0 saturated heterocycles. The Morgan fingerprint density at radius 1 is 1.05 bits per heavy atom. The standard InChI is InChI=1S/C18H37N/c1-4-7-10-16(6-3)14-18(19-13-5-2)15-17-11-8-9-12-17/h16-19H,4-15H2,1-3H3. The first kappa shape index (κ1) is 17.0. The third-order valence-corrected chi connectivity index (χ3v) is 4.94. The van der Waals surface area contributed by atoms with E-state index in [1.54, 1.807) is 0 Å². The van der Waals surface area contributed by atoms with Crippen molar-refractivity contribution in [3.8, 4) is 0 Å². The summed E-state index contributed by atoms with van der Waals surface area (Å²) >= 11 is 0. The molecule has 0 bridgehead atoms. The van der Waals surface area contributed by atoms with Crippen molar-refractivity contribution >= 4 is 0 Å². The molecule has 19 heavy (non-hydrogen) atoms. The number of hydrogen-bond donors (Lipinski definition) is 1. The van der Waals surface area contributed by atoms with Crippen molar-refractivity contribution in [2.24, 2.45) is 11.8 Å². The lowest BCUT2D eigenvalue weighted by atomic mass is 9.87. The van der Waals surface area contributed by atoms with Gasteiger partial charge < -0.3 is 5.32 Å². The minimum Gasteiger partial charge on any atom is -0.314 e. The maximum absolute atomic E-state index is 3.84. The highest BCUT2D eigenvalue weighted by atomic mass is 14.9. The molecular formula is C18H37N. The number of rotatable bonds is 11. The zero-order valence-corrected chi connectivity index (χ0v) is 13.7. The summed E-state index contributed by atoms with van der Waals surface area (Å²) < 4.78 is 0. The van der Waals surface area contributed by atoms with E-state index >= 15 is 0 Å². The lowest BCUT2D eigenvalue weighted by molar-refractivity contribution is 0.304. The molecule has 1 nitrogen and oxygen atoms in total. The average Bonchev–Trinajstić information content (AvgIpc) is 2.93. The Hall–Kier alpha value is -0.0400. The monoisotopic (exact) mass is 267 g/mol. The molecular weight excluding hydrogens is 230 g/mol. The van der Waals surface area contributed by atoms with Crippen molar-refractivity contribution in [2.45, 2.75) is 97.4 Å². The van der Waals surface area contributed by atoms with Crippen LogP contribution in [0.15, 0.2) is 0 Å². The van der Waals surface area contributed by atoms with Gasteiger partial charge in [-0.3, -0.25) is 0 Å². The summed E-state index contributed by atoms with van der Waals surface area (Å²) in [5.41, 5.74) is 0. The quantitative estimate of drug-likeness (QED) is 0.518. The summed E-state index contributed by atoms with van der Waals surface area (Å²) in [5, 5.41) is 3.84. The molecule has 0 aliphatic heterocycles. The molecule has 0 amide bonds. The molecule has 1 aliphatic rings. The molecule has 0 spiro atoms. The van der Waals surface area contributed by atoms with Gasteiger partial charge in [0.15, 0.2) is 0 Å². The maximum atomic E-state index is 3.84. The lowest BCUT2D eigenvalue weighted by Crippen LogP contribution is -2.33. The Labute approximate surface area is 121 Å². The fraction of sp³-hybridized carbons (Fsp3) is 1.00. The van der Waals surface area contributed by atoms with Crippen molar-refractivity contribution in [1.29, 1.82) is 0 Å². The van der Waals surface area contributed by atoms with Gasteiger partial charge in [-0.1, -0.05) is 72.1 Å². The molecule has 1 fully saturated rings. The van der Waals surface area contributed by atoms with Crippen LogP contribution in [0.2, 0.25) is 0 Å². The van der Waals surface area contributed by atoms with Crippen molar-refractivity contribution in [3.63, 3.8) is 0 Å². The first-order valence-corrected chi connectivity index (χ1v) is 9.03. The Morgan fingerprint density at radius 3 is 2.37 bits per heavy atom. The molecule has 0 aromatic heterocycles. The van der Waals surface area contributed by atoms with E-state index in [0.29, 0.717) is 0 Å². The smallest absolute Gasteiger partial charge is 0.00723 e. The van der Waals surface area contributed by atoms with Crippen LogP contribution in [0.3, 0.4) is 0 Å². The molecule has 2 atom stereocenters. The lowest BCUT2D eigenvalue weighted by Gasteiger charge is -2.26. The Morgan fingerprint density at radius 2 is 1.79 bits per heavy atom. The first-order valence-electron chi connectivity index (χ1n) is 9.03. The minimum atomic E-state index is 0.796. The van der Waals surface area contributed by atoms with Crippen LogP contribution in [0.25, 0.3) is 0 Å². The Kier molecular flexibility index (Phi) is 9.59. The van der Waals surface area contributed by atoms with Crippen LogP contribution in [-0.4, -0.2) is 12.6 Å². The molecule has 1 saturated carbocycles. The largest absolute Gasteiger partial charge is 0.314 e. The second-order valence-corrected chi connectivity index (χ2v) is 6.69. The summed E-state index contributed by atoms with van der Waals surface area (Å²) in [6.45, 7) is 8.19. The van der Waals surface area contributed by atoms with E-state index in [1.165, 1.54) is 77.2 Å². The predicted molar refractivity (Wildman–Crippen MR) is 86.6 cm³/mol. The summed E-state index contributed by atoms with van der Waals surface area (Å²) in [4.78, 5) is 0. The zero-order valence-electron chi connectivity index (χ0n) is 13.7. The van der Waals surface area contributed by atoms with Crippen LogP contribution < -0.4 is 5.32 Å². The van der Waals surface area contributed by atoms with Crippen molar-refractivity contribution < 1.29 is 0 Å². The maximum Gasteiger partial charge on any atom is 0.00723 e. The van der Waals surface area contributed by atoms with Gasteiger partial charge in [0, 0.05) is 6.04 Å². The van der Waals surface area contributed by atoms with Gasteiger partial charge in [-0.25, -0.2) is 0 Å². The summed E-state index contributed by atoms with van der Waals surface area (Å²) in [5.74, 6) is 1.98. The van der Waals surface area contributed by atoms with Crippen molar-refractivity contribution in [1.82, 2.24) is 5.32 Å². The van der Waals surface area contributed by atoms with E-state index in [0.717, 1.165) is 17.9 Å². The number of hydrogen-bond acceptors (Lipinski definition) is 1. The van der Waals surface area contributed by atoms with E-state index in [2.05, 4.69) is 26.1 Å². The van der Waals surface area contributed by atoms with E-state index in [1.807, 2.05) is 0 Å². The van der Waals surface area contributed by atoms with Gasteiger partial charge in [0.25, 0.3) is 0 Å². The molecule has 0 aromatic carbocycles. The molecule has 1 aliphatic carbocycles. The fourth-order valence-corrected chi connectivity index (χ4v) is 3.64. The van der Waals surface area contributed by atoms with Gasteiger partial charge in [0.05, 0.1) is 0 Å². The SMILES string of the molecule is CCCCC(CC)CC(CC1CCCC1)NCCC. The number of nitrogens with one attached hydrogen (secondary N) is 1. The number of unbranched alkanes of at least 4 members (excludes halogenated alkanes) is 1. The molecule has 0 radical (unpaired) electrons. The summed E-state index contributed by atoms with van der Waals surface area (Å²) in [6, 6.07) is 0.796. The van der Waals surface area contributed by atoms with Gasteiger partial charge in [-0.05, 0) is 37.6 Å². The highest BCUT2D eigenvalue weighted by Crippen LogP contribution is 2.31. The predicted octanol–water partition coefficient (Wildman–Crippen LogP) is 5.54. The van der Waals surface area contributed by atoms with Gasteiger partial charge in [-0.15, -0.1) is 0 Å². The Balaban J connectivity index is 2.36. The highest BCUT2D eigenvalue weighted by molar-refractivity contribution is 4.78. The van der Waals surface area contributed by atoms with Gasteiger partial charge in [0.1, 0.15) is 0 Å². The van der Waals surface area contributed by atoms with Crippen LogP contribution >= 0.6 is 0 Å². The fourth-order valence-electron chi connectivity index (χ4n) is 3.64. The minimum absolute atomic E-state index is 0.796.